The quantitative estimate of drug-likeness (QED) is 0.194. The number of aliphatic carboxylic acids is 1. The number of aryl methyl sites for hydroxylation is 1. The van der Waals surface area contributed by atoms with Gasteiger partial charge in [0.15, 0.2) is 6.29 Å². The Balaban J connectivity index is 1.35. The number of unbranched alkanes of at least 4 members (excludes halogenated alkanes) is 2. The van der Waals surface area contributed by atoms with Crippen LogP contribution < -0.4 is 5.32 Å². The molecule has 3 aromatic rings. The summed E-state index contributed by atoms with van der Waals surface area (Å²) in [6.07, 6.45) is 2.27. The number of nitrogens with one attached hydrogen (secondary N) is 1. The summed E-state index contributed by atoms with van der Waals surface area (Å²) in [5.74, 6) is -0.204. The summed E-state index contributed by atoms with van der Waals surface area (Å²) in [5, 5.41) is 33.4. The average molecular weight is 570 g/mol. The largest absolute Gasteiger partial charge is 0.481 e. The molecule has 1 aliphatic rings. The van der Waals surface area contributed by atoms with E-state index in [1.54, 1.807) is 11.7 Å². The Labute approximate surface area is 237 Å². The number of rotatable bonds is 14. The van der Waals surface area contributed by atoms with Crippen molar-refractivity contribution in [2.75, 3.05) is 5.75 Å². The zero-order valence-corrected chi connectivity index (χ0v) is 23.3. The highest BCUT2D eigenvalue weighted by atomic mass is 32.2. The van der Waals surface area contributed by atoms with Crippen molar-refractivity contribution in [3.05, 3.63) is 70.8 Å². The molecule has 11 nitrogen and oxygen atoms in total. The van der Waals surface area contributed by atoms with Gasteiger partial charge in [-0.1, -0.05) is 66.7 Å². The second-order valence-electron chi connectivity index (χ2n) is 9.72. The minimum atomic E-state index is -0.807. The fourth-order valence-electron chi connectivity index (χ4n) is 4.35. The molecule has 40 heavy (non-hydrogen) atoms. The molecule has 2 heterocycles. The molecule has 0 aliphatic carbocycles. The van der Waals surface area contributed by atoms with Gasteiger partial charge >= 0.3 is 5.97 Å². The molecule has 3 N–H and O–H groups in total. The molecule has 0 radical (unpaired) electrons. The number of carbonyl (C=O) groups is 2. The maximum absolute atomic E-state index is 12.1. The SMILES string of the molecule is Cn1nnnc1SCC1CC(c2ccc(CO)cc2)OC(c2ccc(CNC(=O)CCCCCC(=O)O)cc2)O1. The van der Waals surface area contributed by atoms with Crippen LogP contribution in [0.5, 0.6) is 0 Å². The Morgan fingerprint density at radius 2 is 1.70 bits per heavy atom. The van der Waals surface area contributed by atoms with Crippen LogP contribution in [0.1, 0.15) is 73.2 Å². The first kappa shape index (κ1) is 29.7. The van der Waals surface area contributed by atoms with E-state index in [-0.39, 0.29) is 31.1 Å². The Morgan fingerprint density at radius 3 is 2.38 bits per heavy atom. The van der Waals surface area contributed by atoms with Crippen molar-refractivity contribution < 1.29 is 29.3 Å². The summed E-state index contributed by atoms with van der Waals surface area (Å²) in [4.78, 5) is 22.7. The van der Waals surface area contributed by atoms with Crippen molar-refractivity contribution >= 4 is 23.6 Å². The average Bonchev–Trinajstić information content (AvgIpc) is 3.39. The topological polar surface area (TPSA) is 149 Å². The number of aromatic nitrogens is 4. The van der Waals surface area contributed by atoms with E-state index >= 15 is 0 Å². The van der Waals surface area contributed by atoms with Gasteiger partial charge in [-0.2, -0.15) is 0 Å². The van der Waals surface area contributed by atoms with E-state index < -0.39 is 12.3 Å². The molecule has 1 amide bonds. The molecule has 1 fully saturated rings. The Morgan fingerprint density at radius 1 is 1.00 bits per heavy atom. The van der Waals surface area contributed by atoms with E-state index in [2.05, 4.69) is 20.8 Å². The molecular formula is C28H35N5O6S. The van der Waals surface area contributed by atoms with Crippen molar-refractivity contribution in [2.24, 2.45) is 7.05 Å². The van der Waals surface area contributed by atoms with Crippen LogP contribution in [0.3, 0.4) is 0 Å². The number of carbonyl (C=O) groups excluding carboxylic acids is 1. The van der Waals surface area contributed by atoms with E-state index in [1.807, 2.05) is 48.5 Å². The summed E-state index contributed by atoms with van der Waals surface area (Å²) in [6, 6.07) is 15.6. The van der Waals surface area contributed by atoms with Crippen molar-refractivity contribution in [1.82, 2.24) is 25.5 Å². The van der Waals surface area contributed by atoms with Gasteiger partial charge in [0, 0.05) is 44.2 Å². The van der Waals surface area contributed by atoms with Crippen molar-refractivity contribution in [1.29, 1.82) is 0 Å². The van der Waals surface area contributed by atoms with Gasteiger partial charge in [0.1, 0.15) is 0 Å². The number of carboxylic acids is 1. The van der Waals surface area contributed by atoms with Crippen LogP contribution in [0.4, 0.5) is 0 Å². The number of ether oxygens (including phenoxy) is 2. The normalized spacial score (nSPS) is 18.9. The number of benzene rings is 2. The highest BCUT2D eigenvalue weighted by molar-refractivity contribution is 7.99. The lowest BCUT2D eigenvalue weighted by atomic mass is 10.0. The number of amides is 1. The zero-order valence-electron chi connectivity index (χ0n) is 22.4. The van der Waals surface area contributed by atoms with Crippen molar-refractivity contribution in [2.45, 2.75) is 75.3 Å². The van der Waals surface area contributed by atoms with E-state index in [9.17, 15) is 14.7 Å². The molecule has 1 saturated heterocycles. The molecular weight excluding hydrogens is 534 g/mol. The third kappa shape index (κ3) is 8.85. The lowest BCUT2D eigenvalue weighted by Gasteiger charge is -2.36. The van der Waals surface area contributed by atoms with E-state index in [0.29, 0.717) is 43.1 Å². The van der Waals surface area contributed by atoms with Crippen molar-refractivity contribution in [3.8, 4) is 0 Å². The van der Waals surface area contributed by atoms with Gasteiger partial charge in [-0.05, 0) is 40.0 Å². The number of carboxylic acid groups (broad SMARTS) is 1. The van der Waals surface area contributed by atoms with E-state index in [4.69, 9.17) is 14.6 Å². The first-order chi connectivity index (χ1) is 19.4. The van der Waals surface area contributed by atoms with Gasteiger partial charge in [0.25, 0.3) is 0 Å². The summed E-state index contributed by atoms with van der Waals surface area (Å²) < 4.78 is 14.4. The standard InChI is InChI=1S/C28H35N5O6S/c1-33-28(30-31-32-33)40-18-23-15-24(21-11-9-20(17-34)10-12-21)39-27(38-23)22-13-7-19(8-14-22)16-29-25(35)5-3-2-4-6-26(36)37/h7-14,23-24,27,34H,2-6,15-18H2,1H3,(H,29,35)(H,36,37). The van der Waals surface area contributed by atoms with Crippen molar-refractivity contribution in [3.63, 3.8) is 0 Å². The number of hydrogen-bond donors (Lipinski definition) is 3. The first-order valence-electron chi connectivity index (χ1n) is 13.3. The molecule has 1 aromatic heterocycles. The van der Waals surface area contributed by atoms with Gasteiger partial charge < -0.3 is 25.0 Å². The maximum Gasteiger partial charge on any atom is 0.303 e. The summed E-state index contributed by atoms with van der Waals surface area (Å²) in [7, 11) is 1.80. The molecule has 0 spiro atoms. The molecule has 3 unspecified atom stereocenters. The molecule has 0 bridgehead atoms. The minimum absolute atomic E-state index is 0.0118. The smallest absolute Gasteiger partial charge is 0.303 e. The predicted octanol–water partition coefficient (Wildman–Crippen LogP) is 3.69. The van der Waals surface area contributed by atoms with Gasteiger partial charge in [-0.15, -0.1) is 5.10 Å². The lowest BCUT2D eigenvalue weighted by molar-refractivity contribution is -0.245. The zero-order chi connectivity index (χ0) is 28.3. The van der Waals surface area contributed by atoms with Crippen LogP contribution in [0.15, 0.2) is 53.7 Å². The highest BCUT2D eigenvalue weighted by Crippen LogP contribution is 2.39. The van der Waals surface area contributed by atoms with Gasteiger partial charge in [0.05, 0.1) is 18.8 Å². The van der Waals surface area contributed by atoms with Crippen LogP contribution in [0, 0.1) is 0 Å². The third-order valence-corrected chi connectivity index (χ3v) is 7.77. The Kier molecular flexibility index (Phi) is 11.0. The number of hydrogen-bond acceptors (Lipinski definition) is 9. The molecule has 1 aliphatic heterocycles. The fourth-order valence-corrected chi connectivity index (χ4v) is 5.22. The number of nitrogens with zero attached hydrogens (tertiary/aromatic N) is 4. The van der Waals surface area contributed by atoms with E-state index in [1.165, 1.54) is 11.8 Å². The van der Waals surface area contributed by atoms with Crippen LogP contribution in [-0.4, -0.2) is 54.2 Å². The number of tetrazole rings is 1. The first-order valence-corrected chi connectivity index (χ1v) is 14.3. The molecule has 3 atom stereocenters. The van der Waals surface area contributed by atoms with Crippen LogP contribution in [0.25, 0.3) is 0 Å². The molecule has 0 saturated carbocycles. The summed E-state index contributed by atoms with van der Waals surface area (Å²) in [5.41, 5.74) is 3.69. The van der Waals surface area contributed by atoms with Gasteiger partial charge in [-0.3, -0.25) is 9.59 Å². The maximum atomic E-state index is 12.1. The third-order valence-electron chi connectivity index (χ3n) is 6.63. The predicted molar refractivity (Wildman–Crippen MR) is 147 cm³/mol. The highest BCUT2D eigenvalue weighted by Gasteiger charge is 2.32. The summed E-state index contributed by atoms with van der Waals surface area (Å²) in [6.45, 7) is 0.396. The van der Waals surface area contributed by atoms with Gasteiger partial charge in [0.2, 0.25) is 11.1 Å². The van der Waals surface area contributed by atoms with Crippen LogP contribution in [-0.2, 0) is 39.3 Å². The molecule has 4 rings (SSSR count). The fraction of sp³-hybridized carbons (Fsp3) is 0.464. The lowest BCUT2D eigenvalue weighted by Crippen LogP contribution is -2.31. The molecule has 12 heteroatoms. The monoisotopic (exact) mass is 569 g/mol. The minimum Gasteiger partial charge on any atom is -0.481 e. The van der Waals surface area contributed by atoms with Crippen LogP contribution in [0.2, 0.25) is 0 Å². The number of aliphatic hydroxyl groups is 1. The van der Waals surface area contributed by atoms with Gasteiger partial charge in [-0.25, -0.2) is 4.68 Å². The van der Waals surface area contributed by atoms with E-state index in [0.717, 1.165) is 28.7 Å². The van der Waals surface area contributed by atoms with Crippen LogP contribution >= 0.6 is 11.8 Å². The second-order valence-corrected chi connectivity index (χ2v) is 10.7. The Bertz CT molecular complexity index is 1240. The number of thioether (sulfide) groups is 1. The summed E-state index contributed by atoms with van der Waals surface area (Å²) >= 11 is 1.53. The second kappa shape index (κ2) is 14.9. The molecule has 214 valence electrons. The Hall–Kier alpha value is -3.32. The number of aliphatic hydroxyl groups excluding tert-OH is 1. The molecule has 2 aromatic carbocycles.